The highest BCUT2D eigenvalue weighted by atomic mass is 35.5. The molecule has 0 unspecified atom stereocenters. The number of para-hydroxylation sites is 2. The van der Waals surface area contributed by atoms with Gasteiger partial charge in [-0.15, -0.1) is 0 Å². The van der Waals surface area contributed by atoms with Gasteiger partial charge in [0.25, 0.3) is 11.8 Å². The van der Waals surface area contributed by atoms with E-state index in [4.69, 9.17) is 11.6 Å². The lowest BCUT2D eigenvalue weighted by atomic mass is 10.1. The second kappa shape index (κ2) is 7.09. The van der Waals surface area contributed by atoms with E-state index in [1.807, 2.05) is 36.4 Å². The van der Waals surface area contributed by atoms with Crippen molar-refractivity contribution in [3.05, 3.63) is 101 Å². The number of hydrazine groups is 1. The molecule has 1 saturated heterocycles. The minimum Gasteiger partial charge on any atom is -0.267 e. The zero-order chi connectivity index (χ0) is 18.8. The van der Waals surface area contributed by atoms with Crippen molar-refractivity contribution >= 4 is 40.9 Å². The van der Waals surface area contributed by atoms with E-state index in [1.165, 1.54) is 10.0 Å². The zero-order valence-corrected chi connectivity index (χ0v) is 15.0. The number of amides is 2. The molecular weight excluding hydrogens is 360 g/mol. The van der Waals surface area contributed by atoms with E-state index in [-0.39, 0.29) is 17.4 Å². The van der Waals surface area contributed by atoms with Crippen LogP contribution in [0, 0.1) is 0 Å². The zero-order valence-electron chi connectivity index (χ0n) is 14.2. The topological polar surface area (TPSA) is 40.6 Å². The van der Waals surface area contributed by atoms with E-state index in [2.05, 4.69) is 0 Å². The Balaban J connectivity index is 1.83. The lowest BCUT2D eigenvalue weighted by Gasteiger charge is -2.27. The van der Waals surface area contributed by atoms with Crippen LogP contribution in [0.5, 0.6) is 0 Å². The predicted molar refractivity (Wildman–Crippen MR) is 107 cm³/mol. The lowest BCUT2D eigenvalue weighted by molar-refractivity contribution is -0.116. The van der Waals surface area contributed by atoms with Gasteiger partial charge in [-0.1, -0.05) is 60.1 Å². The predicted octanol–water partition coefficient (Wildman–Crippen LogP) is 4.72. The summed E-state index contributed by atoms with van der Waals surface area (Å²) in [4.78, 5) is 26.3. The molecule has 0 N–H and O–H groups in total. The molecule has 4 nitrogen and oxygen atoms in total. The summed E-state index contributed by atoms with van der Waals surface area (Å²) in [5, 5.41) is 3.40. The Kier molecular flexibility index (Phi) is 4.48. The van der Waals surface area contributed by atoms with E-state index in [0.717, 1.165) is 5.56 Å². The number of benzene rings is 3. The maximum absolute atomic E-state index is 13.1. The monoisotopic (exact) mass is 374 g/mol. The summed E-state index contributed by atoms with van der Waals surface area (Å²) < 4.78 is 0. The molecule has 0 atom stereocenters. The molecule has 0 aliphatic carbocycles. The van der Waals surface area contributed by atoms with Gasteiger partial charge in [0, 0.05) is 5.02 Å². The molecule has 4 rings (SSSR count). The van der Waals surface area contributed by atoms with Gasteiger partial charge in [-0.05, 0) is 48.0 Å². The van der Waals surface area contributed by atoms with Crippen molar-refractivity contribution in [2.45, 2.75) is 0 Å². The van der Waals surface area contributed by atoms with Crippen LogP contribution in [0.1, 0.15) is 5.56 Å². The first-order chi connectivity index (χ1) is 13.1. The fourth-order valence-electron chi connectivity index (χ4n) is 2.95. The van der Waals surface area contributed by atoms with Gasteiger partial charge in [0.1, 0.15) is 5.57 Å². The number of carbonyl (C=O) groups is 2. The molecule has 1 fully saturated rings. The smallest absolute Gasteiger partial charge is 0.267 e. The first-order valence-electron chi connectivity index (χ1n) is 8.41. The van der Waals surface area contributed by atoms with Crippen molar-refractivity contribution in [1.29, 1.82) is 0 Å². The number of hydrogen-bond donors (Lipinski definition) is 0. The maximum Gasteiger partial charge on any atom is 0.283 e. The highest BCUT2D eigenvalue weighted by molar-refractivity contribution is 6.38. The van der Waals surface area contributed by atoms with Crippen molar-refractivity contribution in [2.24, 2.45) is 0 Å². The van der Waals surface area contributed by atoms with Crippen LogP contribution in [-0.2, 0) is 9.59 Å². The molecule has 0 aromatic heterocycles. The molecule has 2 amide bonds. The Morgan fingerprint density at radius 1 is 0.630 bits per heavy atom. The van der Waals surface area contributed by atoms with Gasteiger partial charge in [-0.3, -0.25) is 9.59 Å². The van der Waals surface area contributed by atoms with Crippen LogP contribution in [0.25, 0.3) is 6.08 Å². The van der Waals surface area contributed by atoms with Crippen LogP contribution in [-0.4, -0.2) is 11.8 Å². The van der Waals surface area contributed by atoms with Gasteiger partial charge >= 0.3 is 0 Å². The van der Waals surface area contributed by atoms with Crippen LogP contribution in [0.3, 0.4) is 0 Å². The fraction of sp³-hybridized carbons (Fsp3) is 0. The molecule has 5 heteroatoms. The minimum atomic E-state index is -0.370. The third-order valence-corrected chi connectivity index (χ3v) is 4.48. The highest BCUT2D eigenvalue weighted by Gasteiger charge is 2.42. The van der Waals surface area contributed by atoms with E-state index in [1.54, 1.807) is 54.6 Å². The molecule has 27 heavy (non-hydrogen) atoms. The molecule has 1 aliphatic rings. The highest BCUT2D eigenvalue weighted by Crippen LogP contribution is 2.32. The number of hydrogen-bond acceptors (Lipinski definition) is 2. The standard InChI is InChI=1S/C22H15ClN2O2/c23-17-13-11-16(12-14-17)15-20-21(26)24(18-7-3-1-4-8-18)25(22(20)27)19-9-5-2-6-10-19/h1-15H. The van der Waals surface area contributed by atoms with Gasteiger partial charge in [-0.25, -0.2) is 10.0 Å². The van der Waals surface area contributed by atoms with Crippen molar-refractivity contribution in [2.75, 3.05) is 10.0 Å². The second-order valence-corrected chi connectivity index (χ2v) is 6.45. The largest absolute Gasteiger partial charge is 0.283 e. The molecule has 0 saturated carbocycles. The molecule has 0 radical (unpaired) electrons. The van der Waals surface area contributed by atoms with Crippen LogP contribution in [0.2, 0.25) is 5.02 Å². The number of halogens is 1. The summed E-state index contributed by atoms with van der Waals surface area (Å²) in [5.74, 6) is -0.741. The van der Waals surface area contributed by atoms with Gasteiger partial charge in [0.15, 0.2) is 0 Å². The van der Waals surface area contributed by atoms with Crippen molar-refractivity contribution in [3.63, 3.8) is 0 Å². The fourth-order valence-corrected chi connectivity index (χ4v) is 3.08. The summed E-state index contributed by atoms with van der Waals surface area (Å²) in [6, 6.07) is 25.2. The summed E-state index contributed by atoms with van der Waals surface area (Å²) in [5.41, 5.74) is 2.09. The van der Waals surface area contributed by atoms with Crippen LogP contribution >= 0.6 is 11.6 Å². The van der Waals surface area contributed by atoms with Crippen LogP contribution in [0.4, 0.5) is 11.4 Å². The van der Waals surface area contributed by atoms with Crippen molar-refractivity contribution < 1.29 is 9.59 Å². The van der Waals surface area contributed by atoms with Gasteiger partial charge in [0.05, 0.1) is 11.4 Å². The Bertz CT molecular complexity index is 956. The van der Waals surface area contributed by atoms with E-state index < -0.39 is 0 Å². The molecule has 3 aromatic rings. The van der Waals surface area contributed by atoms with Gasteiger partial charge in [0.2, 0.25) is 0 Å². The lowest BCUT2D eigenvalue weighted by Crippen LogP contribution is -2.41. The third-order valence-electron chi connectivity index (χ3n) is 4.23. The molecule has 0 spiro atoms. The Morgan fingerprint density at radius 3 is 1.52 bits per heavy atom. The molecule has 0 bridgehead atoms. The van der Waals surface area contributed by atoms with E-state index >= 15 is 0 Å². The van der Waals surface area contributed by atoms with Gasteiger partial charge in [-0.2, -0.15) is 0 Å². The summed E-state index contributed by atoms with van der Waals surface area (Å²) in [7, 11) is 0. The number of carbonyl (C=O) groups excluding carboxylic acids is 2. The summed E-state index contributed by atoms with van der Waals surface area (Å²) in [6.45, 7) is 0. The molecule has 3 aromatic carbocycles. The van der Waals surface area contributed by atoms with Crippen LogP contribution < -0.4 is 10.0 Å². The minimum absolute atomic E-state index is 0.102. The average Bonchev–Trinajstić information content (AvgIpc) is 2.95. The van der Waals surface area contributed by atoms with Crippen molar-refractivity contribution in [1.82, 2.24) is 0 Å². The quantitative estimate of drug-likeness (QED) is 0.491. The Labute approximate surface area is 161 Å². The van der Waals surface area contributed by atoms with E-state index in [0.29, 0.717) is 16.4 Å². The maximum atomic E-state index is 13.1. The number of nitrogens with zero attached hydrogens (tertiary/aromatic N) is 2. The molecule has 132 valence electrons. The first kappa shape index (κ1) is 17.1. The molecular formula is C22H15ClN2O2. The molecule has 1 heterocycles. The number of rotatable bonds is 3. The summed E-state index contributed by atoms with van der Waals surface area (Å²) in [6.07, 6.45) is 1.60. The Hall–Kier alpha value is -3.37. The van der Waals surface area contributed by atoms with Crippen molar-refractivity contribution in [3.8, 4) is 0 Å². The Morgan fingerprint density at radius 2 is 1.07 bits per heavy atom. The number of anilines is 2. The first-order valence-corrected chi connectivity index (χ1v) is 8.79. The second-order valence-electron chi connectivity index (χ2n) is 6.01. The average molecular weight is 375 g/mol. The normalized spacial score (nSPS) is 14.0. The SMILES string of the molecule is O=C1C(=Cc2ccc(Cl)cc2)C(=O)N(c2ccccc2)N1c1ccccc1. The molecule has 1 aliphatic heterocycles. The van der Waals surface area contributed by atoms with Gasteiger partial charge < -0.3 is 0 Å². The summed E-state index contributed by atoms with van der Waals surface area (Å²) >= 11 is 5.92. The third kappa shape index (κ3) is 3.23. The van der Waals surface area contributed by atoms with Crippen LogP contribution in [0.15, 0.2) is 90.5 Å². The van der Waals surface area contributed by atoms with E-state index in [9.17, 15) is 9.59 Å².